The number of nitrogens with one attached hydrogen (secondary N) is 2. The first kappa shape index (κ1) is 17.0. The Morgan fingerprint density at radius 2 is 1.85 bits per heavy atom. The first-order chi connectivity index (χ1) is 12.5. The van der Waals surface area contributed by atoms with E-state index in [9.17, 15) is 14.9 Å². The molecule has 0 unspecified atom stereocenters. The van der Waals surface area contributed by atoms with Crippen LogP contribution in [-0.2, 0) is 4.79 Å². The summed E-state index contributed by atoms with van der Waals surface area (Å²) in [6.07, 6.45) is 1.59. The third-order valence-corrected chi connectivity index (χ3v) is 3.45. The number of hydrogen-bond acceptors (Lipinski definition) is 6. The Bertz CT molecular complexity index is 974. The van der Waals surface area contributed by atoms with E-state index >= 15 is 0 Å². The van der Waals surface area contributed by atoms with Crippen LogP contribution in [0.3, 0.4) is 0 Å². The van der Waals surface area contributed by atoms with E-state index in [0.717, 1.165) is 5.56 Å². The van der Waals surface area contributed by atoms with Crippen LogP contribution in [0.15, 0.2) is 60.8 Å². The molecule has 1 amide bonds. The van der Waals surface area contributed by atoms with Crippen LogP contribution in [0.25, 0.3) is 11.3 Å². The van der Waals surface area contributed by atoms with Crippen molar-refractivity contribution in [3.8, 4) is 11.3 Å². The van der Waals surface area contributed by atoms with Crippen molar-refractivity contribution in [2.75, 3.05) is 10.6 Å². The van der Waals surface area contributed by atoms with Gasteiger partial charge in [0, 0.05) is 42.2 Å². The lowest BCUT2D eigenvalue weighted by molar-refractivity contribution is -0.384. The third kappa shape index (κ3) is 4.18. The highest BCUT2D eigenvalue weighted by molar-refractivity contribution is 5.89. The van der Waals surface area contributed by atoms with Crippen molar-refractivity contribution < 1.29 is 9.72 Å². The number of non-ortho nitro benzene ring substituents is 1. The Morgan fingerprint density at radius 3 is 2.62 bits per heavy atom. The van der Waals surface area contributed by atoms with E-state index in [2.05, 4.69) is 20.6 Å². The number of nitro groups is 1. The number of amides is 1. The molecule has 3 rings (SSSR count). The second-order valence-corrected chi connectivity index (χ2v) is 5.46. The summed E-state index contributed by atoms with van der Waals surface area (Å²) in [5.41, 5.74) is 2.63. The predicted molar refractivity (Wildman–Crippen MR) is 98.2 cm³/mol. The molecule has 1 heterocycles. The van der Waals surface area contributed by atoms with Gasteiger partial charge in [-0.05, 0) is 24.3 Å². The maximum atomic E-state index is 11.2. The Labute approximate surface area is 149 Å². The lowest BCUT2D eigenvalue weighted by atomic mass is 10.1. The van der Waals surface area contributed by atoms with Gasteiger partial charge in [-0.1, -0.05) is 18.2 Å². The molecule has 0 aliphatic carbocycles. The molecule has 2 N–H and O–H groups in total. The van der Waals surface area contributed by atoms with Gasteiger partial charge in [0.2, 0.25) is 11.9 Å². The molecule has 0 spiro atoms. The molecule has 3 aromatic rings. The number of benzene rings is 2. The van der Waals surface area contributed by atoms with Crippen LogP contribution in [0.2, 0.25) is 0 Å². The fourth-order valence-electron chi connectivity index (χ4n) is 2.37. The summed E-state index contributed by atoms with van der Waals surface area (Å²) in [4.78, 5) is 30.2. The van der Waals surface area contributed by atoms with Crippen LogP contribution < -0.4 is 10.6 Å². The fourth-order valence-corrected chi connectivity index (χ4v) is 2.37. The van der Waals surface area contributed by atoms with E-state index in [4.69, 9.17) is 0 Å². The van der Waals surface area contributed by atoms with Gasteiger partial charge in [0.05, 0.1) is 10.6 Å². The summed E-state index contributed by atoms with van der Waals surface area (Å²) in [5.74, 6) is 0.158. The minimum absolute atomic E-state index is 0.0193. The van der Waals surface area contributed by atoms with Gasteiger partial charge in [0.15, 0.2) is 0 Å². The van der Waals surface area contributed by atoms with Gasteiger partial charge in [0.25, 0.3) is 5.69 Å². The zero-order valence-corrected chi connectivity index (χ0v) is 13.8. The van der Waals surface area contributed by atoms with E-state index < -0.39 is 4.92 Å². The van der Waals surface area contributed by atoms with Gasteiger partial charge in [-0.25, -0.2) is 9.97 Å². The van der Waals surface area contributed by atoms with Crippen molar-refractivity contribution in [2.45, 2.75) is 6.92 Å². The number of aromatic nitrogens is 2. The normalized spacial score (nSPS) is 10.2. The lowest BCUT2D eigenvalue weighted by Crippen LogP contribution is -2.05. The smallest absolute Gasteiger partial charge is 0.271 e. The Kier molecular flexibility index (Phi) is 4.84. The minimum atomic E-state index is -0.462. The Hall–Kier alpha value is -3.81. The topological polar surface area (TPSA) is 110 Å². The number of rotatable bonds is 5. The fraction of sp³-hybridized carbons (Fsp3) is 0.0556. The largest absolute Gasteiger partial charge is 0.326 e. The predicted octanol–water partition coefficient (Wildman–Crippen LogP) is 3.75. The summed E-state index contributed by atoms with van der Waals surface area (Å²) in [6.45, 7) is 1.44. The van der Waals surface area contributed by atoms with E-state index in [-0.39, 0.29) is 11.6 Å². The van der Waals surface area contributed by atoms with Crippen molar-refractivity contribution in [3.63, 3.8) is 0 Å². The maximum absolute atomic E-state index is 11.2. The van der Waals surface area contributed by atoms with Gasteiger partial charge in [-0.15, -0.1) is 0 Å². The van der Waals surface area contributed by atoms with Crippen LogP contribution in [-0.4, -0.2) is 20.8 Å². The molecular weight excluding hydrogens is 334 g/mol. The highest BCUT2D eigenvalue weighted by Gasteiger charge is 2.08. The quantitative estimate of drug-likeness (QED) is 0.536. The number of hydrogen-bond donors (Lipinski definition) is 2. The van der Waals surface area contributed by atoms with Crippen LogP contribution in [0.5, 0.6) is 0 Å². The summed E-state index contributed by atoms with van der Waals surface area (Å²) in [6, 6.07) is 15.1. The molecule has 2 aromatic carbocycles. The average molecular weight is 349 g/mol. The molecule has 0 aliphatic rings. The molecule has 0 saturated heterocycles. The number of carbonyl (C=O) groups is 1. The number of carbonyl (C=O) groups excluding carboxylic acids is 1. The Balaban J connectivity index is 1.86. The first-order valence-electron chi connectivity index (χ1n) is 7.74. The molecule has 0 fully saturated rings. The van der Waals surface area contributed by atoms with Crippen molar-refractivity contribution in [2.24, 2.45) is 0 Å². The van der Waals surface area contributed by atoms with Crippen LogP contribution in [0.4, 0.5) is 23.0 Å². The van der Waals surface area contributed by atoms with E-state index in [1.54, 1.807) is 36.5 Å². The van der Waals surface area contributed by atoms with E-state index in [1.165, 1.54) is 19.1 Å². The molecule has 8 nitrogen and oxygen atoms in total. The van der Waals surface area contributed by atoms with Crippen LogP contribution in [0, 0.1) is 10.1 Å². The summed E-state index contributed by atoms with van der Waals surface area (Å²) >= 11 is 0. The monoisotopic (exact) mass is 349 g/mol. The first-order valence-corrected chi connectivity index (χ1v) is 7.74. The minimum Gasteiger partial charge on any atom is -0.326 e. The molecule has 0 bridgehead atoms. The maximum Gasteiger partial charge on any atom is 0.271 e. The van der Waals surface area contributed by atoms with Crippen molar-refractivity contribution in [3.05, 3.63) is 70.9 Å². The van der Waals surface area contributed by atoms with Crippen molar-refractivity contribution in [1.29, 1.82) is 0 Å². The summed E-state index contributed by atoms with van der Waals surface area (Å²) < 4.78 is 0. The molecule has 0 aliphatic heterocycles. The summed E-state index contributed by atoms with van der Waals surface area (Å²) in [7, 11) is 0. The second kappa shape index (κ2) is 7.39. The molecule has 0 saturated carbocycles. The van der Waals surface area contributed by atoms with E-state index in [0.29, 0.717) is 23.0 Å². The Morgan fingerprint density at radius 1 is 1.08 bits per heavy atom. The molecular formula is C18H15N5O3. The molecule has 8 heteroatoms. The highest BCUT2D eigenvalue weighted by atomic mass is 16.6. The zero-order valence-electron chi connectivity index (χ0n) is 13.8. The van der Waals surface area contributed by atoms with Gasteiger partial charge in [0.1, 0.15) is 0 Å². The van der Waals surface area contributed by atoms with Crippen molar-refractivity contribution >= 4 is 28.9 Å². The third-order valence-electron chi connectivity index (χ3n) is 3.45. The van der Waals surface area contributed by atoms with Gasteiger partial charge >= 0.3 is 0 Å². The van der Waals surface area contributed by atoms with Crippen molar-refractivity contribution in [1.82, 2.24) is 9.97 Å². The van der Waals surface area contributed by atoms with Gasteiger partial charge < -0.3 is 10.6 Å². The molecule has 26 heavy (non-hydrogen) atoms. The number of anilines is 3. The molecule has 0 atom stereocenters. The van der Waals surface area contributed by atoms with E-state index in [1.807, 2.05) is 12.1 Å². The number of nitrogens with zero attached hydrogens (tertiary/aromatic N) is 3. The average Bonchev–Trinajstić information content (AvgIpc) is 2.62. The molecule has 0 radical (unpaired) electrons. The standard InChI is InChI=1S/C18H15N5O3/c1-12(24)20-14-5-2-4-13(10-14)17-8-9-19-18(22-17)21-15-6-3-7-16(11-15)23(25)26/h2-11H,1H3,(H,20,24)(H,19,21,22). The lowest BCUT2D eigenvalue weighted by Gasteiger charge is -2.08. The summed E-state index contributed by atoms with van der Waals surface area (Å²) in [5, 5.41) is 16.6. The number of nitro benzene ring substituents is 1. The van der Waals surface area contributed by atoms with Crippen LogP contribution in [0.1, 0.15) is 6.92 Å². The molecule has 1 aromatic heterocycles. The second-order valence-electron chi connectivity index (χ2n) is 5.46. The van der Waals surface area contributed by atoms with Gasteiger partial charge in [-0.2, -0.15) is 0 Å². The molecule has 130 valence electrons. The SMILES string of the molecule is CC(=O)Nc1cccc(-c2ccnc(Nc3cccc([N+](=O)[O-])c3)n2)c1. The highest BCUT2D eigenvalue weighted by Crippen LogP contribution is 2.23. The zero-order chi connectivity index (χ0) is 18.5. The van der Waals surface area contributed by atoms with Gasteiger partial charge in [-0.3, -0.25) is 14.9 Å². The van der Waals surface area contributed by atoms with Crippen LogP contribution >= 0.6 is 0 Å².